The van der Waals surface area contributed by atoms with Crippen molar-refractivity contribution in [3.05, 3.63) is 34.3 Å². The molecule has 0 aliphatic carbocycles. The van der Waals surface area contributed by atoms with Crippen LogP contribution >= 0.6 is 15.9 Å². The topological polar surface area (TPSA) is 35.5 Å². The van der Waals surface area contributed by atoms with Gasteiger partial charge in [-0.25, -0.2) is 0 Å². The maximum Gasteiger partial charge on any atom is 0.189 e. The van der Waals surface area contributed by atoms with Crippen molar-refractivity contribution in [1.29, 1.82) is 0 Å². The Bertz CT molecular complexity index is 400. The van der Waals surface area contributed by atoms with Gasteiger partial charge in [0, 0.05) is 23.2 Å². The van der Waals surface area contributed by atoms with Crippen LogP contribution in [-0.2, 0) is 9.47 Å². The molecule has 98 valence electrons. The highest BCUT2D eigenvalue weighted by Crippen LogP contribution is 2.17. The standard InChI is InChI=1S/C14H17BrO3/c15-13-4-2-1-3-12(13)14(16)10-18-9-11-5-7-17-8-6-11/h1-4,11H,5-10H2. The smallest absolute Gasteiger partial charge is 0.189 e. The van der Waals surface area contributed by atoms with Gasteiger partial charge in [-0.3, -0.25) is 4.79 Å². The van der Waals surface area contributed by atoms with Gasteiger partial charge in [0.1, 0.15) is 6.61 Å². The van der Waals surface area contributed by atoms with Crippen molar-refractivity contribution < 1.29 is 14.3 Å². The van der Waals surface area contributed by atoms with Gasteiger partial charge in [-0.1, -0.05) is 34.1 Å². The zero-order valence-electron chi connectivity index (χ0n) is 10.2. The molecule has 1 fully saturated rings. The number of rotatable bonds is 5. The van der Waals surface area contributed by atoms with E-state index >= 15 is 0 Å². The second kappa shape index (κ2) is 7.02. The van der Waals surface area contributed by atoms with Crippen LogP contribution in [0.5, 0.6) is 0 Å². The molecular formula is C14H17BrO3. The summed E-state index contributed by atoms with van der Waals surface area (Å²) in [6.07, 6.45) is 2.06. The van der Waals surface area contributed by atoms with Crippen LogP contribution in [0.15, 0.2) is 28.7 Å². The molecule has 2 rings (SSSR count). The molecule has 1 heterocycles. The fraction of sp³-hybridized carbons (Fsp3) is 0.500. The maximum absolute atomic E-state index is 11.9. The first-order valence-corrected chi connectivity index (χ1v) is 7.00. The molecule has 0 atom stereocenters. The van der Waals surface area contributed by atoms with E-state index in [9.17, 15) is 4.79 Å². The Kier molecular flexibility index (Phi) is 5.35. The average molecular weight is 313 g/mol. The Morgan fingerprint density at radius 3 is 2.78 bits per heavy atom. The molecule has 0 amide bonds. The van der Waals surface area contributed by atoms with Crippen LogP contribution < -0.4 is 0 Å². The number of carbonyl (C=O) groups is 1. The SMILES string of the molecule is O=C(COCC1CCOCC1)c1ccccc1Br. The fourth-order valence-electron chi connectivity index (χ4n) is 2.00. The molecule has 18 heavy (non-hydrogen) atoms. The van der Waals surface area contributed by atoms with E-state index in [1.165, 1.54) is 0 Å². The summed E-state index contributed by atoms with van der Waals surface area (Å²) in [6, 6.07) is 7.43. The van der Waals surface area contributed by atoms with Crippen LogP contribution in [-0.4, -0.2) is 32.2 Å². The number of ketones is 1. The van der Waals surface area contributed by atoms with Crippen molar-refractivity contribution in [3.8, 4) is 0 Å². The average Bonchev–Trinajstić information content (AvgIpc) is 2.40. The van der Waals surface area contributed by atoms with Gasteiger partial charge in [0.05, 0.1) is 6.61 Å². The molecule has 1 aliphatic rings. The molecule has 1 aromatic rings. The first-order chi connectivity index (χ1) is 8.77. The molecule has 0 saturated carbocycles. The van der Waals surface area contributed by atoms with E-state index in [4.69, 9.17) is 9.47 Å². The molecular weight excluding hydrogens is 296 g/mol. The van der Waals surface area contributed by atoms with Crippen molar-refractivity contribution in [3.63, 3.8) is 0 Å². The molecule has 1 aliphatic heterocycles. The van der Waals surface area contributed by atoms with Gasteiger partial charge in [0.15, 0.2) is 5.78 Å². The third-order valence-electron chi connectivity index (χ3n) is 3.10. The zero-order valence-corrected chi connectivity index (χ0v) is 11.8. The summed E-state index contributed by atoms with van der Waals surface area (Å²) >= 11 is 3.37. The van der Waals surface area contributed by atoms with Crippen LogP contribution in [0.25, 0.3) is 0 Å². The normalized spacial score (nSPS) is 16.7. The lowest BCUT2D eigenvalue weighted by molar-refractivity contribution is 0.0216. The summed E-state index contributed by atoms with van der Waals surface area (Å²) in [7, 11) is 0. The molecule has 0 N–H and O–H groups in total. The second-order valence-corrected chi connectivity index (χ2v) is 5.33. The summed E-state index contributed by atoms with van der Waals surface area (Å²) in [5.41, 5.74) is 0.685. The Hall–Kier alpha value is -0.710. The Labute approximate surface area is 116 Å². The monoisotopic (exact) mass is 312 g/mol. The molecule has 4 heteroatoms. The summed E-state index contributed by atoms with van der Waals surface area (Å²) in [5, 5.41) is 0. The molecule has 0 aromatic heterocycles. The molecule has 1 saturated heterocycles. The molecule has 0 bridgehead atoms. The summed E-state index contributed by atoms with van der Waals surface area (Å²) in [6.45, 7) is 2.43. The van der Waals surface area contributed by atoms with E-state index in [2.05, 4.69) is 15.9 Å². The zero-order chi connectivity index (χ0) is 12.8. The lowest BCUT2D eigenvalue weighted by atomic mass is 10.0. The van der Waals surface area contributed by atoms with Crippen LogP contribution in [0.1, 0.15) is 23.2 Å². The summed E-state index contributed by atoms with van der Waals surface area (Å²) in [5.74, 6) is 0.556. The minimum atomic E-state index is 0.0227. The first-order valence-electron chi connectivity index (χ1n) is 6.20. The highest BCUT2D eigenvalue weighted by Gasteiger charge is 2.15. The first kappa shape index (κ1) is 13.7. The third-order valence-corrected chi connectivity index (χ3v) is 3.79. The molecule has 1 aromatic carbocycles. The van der Waals surface area contributed by atoms with Crippen LogP contribution in [0.2, 0.25) is 0 Å². The van der Waals surface area contributed by atoms with Gasteiger partial charge < -0.3 is 9.47 Å². The van der Waals surface area contributed by atoms with Crippen LogP contribution in [0.3, 0.4) is 0 Å². The van der Waals surface area contributed by atoms with E-state index in [0.29, 0.717) is 18.1 Å². The van der Waals surface area contributed by atoms with Gasteiger partial charge in [-0.05, 0) is 24.8 Å². The van der Waals surface area contributed by atoms with Crippen molar-refractivity contribution in [2.24, 2.45) is 5.92 Å². The quantitative estimate of drug-likeness (QED) is 0.784. The number of benzene rings is 1. The second-order valence-electron chi connectivity index (χ2n) is 4.47. The lowest BCUT2D eigenvalue weighted by Crippen LogP contribution is -2.22. The number of hydrogen-bond acceptors (Lipinski definition) is 3. The Morgan fingerprint density at radius 1 is 1.33 bits per heavy atom. The highest BCUT2D eigenvalue weighted by atomic mass is 79.9. The van der Waals surface area contributed by atoms with E-state index < -0.39 is 0 Å². The summed E-state index contributed by atoms with van der Waals surface area (Å²) < 4.78 is 11.6. The minimum absolute atomic E-state index is 0.0227. The number of carbonyl (C=O) groups excluding carboxylic acids is 1. The molecule has 3 nitrogen and oxygen atoms in total. The number of halogens is 1. The summed E-state index contributed by atoms with van der Waals surface area (Å²) in [4.78, 5) is 11.9. The van der Waals surface area contributed by atoms with Crippen LogP contribution in [0, 0.1) is 5.92 Å². The van der Waals surface area contributed by atoms with Gasteiger partial charge in [-0.2, -0.15) is 0 Å². The number of hydrogen-bond donors (Lipinski definition) is 0. The van der Waals surface area contributed by atoms with Gasteiger partial charge in [0.2, 0.25) is 0 Å². The Morgan fingerprint density at radius 2 is 2.06 bits per heavy atom. The largest absolute Gasteiger partial charge is 0.381 e. The number of ether oxygens (including phenoxy) is 2. The van der Waals surface area contributed by atoms with Crippen molar-refractivity contribution in [1.82, 2.24) is 0 Å². The molecule has 0 spiro atoms. The molecule has 0 unspecified atom stereocenters. The molecule has 0 radical (unpaired) electrons. The van der Waals surface area contributed by atoms with Crippen molar-refractivity contribution in [2.75, 3.05) is 26.4 Å². The van der Waals surface area contributed by atoms with Gasteiger partial charge >= 0.3 is 0 Å². The van der Waals surface area contributed by atoms with E-state index in [1.807, 2.05) is 24.3 Å². The van der Waals surface area contributed by atoms with E-state index in [0.717, 1.165) is 30.5 Å². The van der Waals surface area contributed by atoms with Crippen molar-refractivity contribution in [2.45, 2.75) is 12.8 Å². The maximum atomic E-state index is 11.9. The highest BCUT2D eigenvalue weighted by molar-refractivity contribution is 9.10. The van der Waals surface area contributed by atoms with E-state index in [-0.39, 0.29) is 12.4 Å². The third kappa shape index (κ3) is 3.90. The van der Waals surface area contributed by atoms with Crippen LogP contribution in [0.4, 0.5) is 0 Å². The predicted octanol–water partition coefficient (Wildman–Crippen LogP) is 3.08. The predicted molar refractivity (Wildman–Crippen MR) is 72.8 cm³/mol. The van der Waals surface area contributed by atoms with Gasteiger partial charge in [-0.15, -0.1) is 0 Å². The van der Waals surface area contributed by atoms with Crippen molar-refractivity contribution >= 4 is 21.7 Å². The van der Waals surface area contributed by atoms with E-state index in [1.54, 1.807) is 0 Å². The lowest BCUT2D eigenvalue weighted by Gasteiger charge is -2.21. The number of Topliss-reactive ketones (excluding diaryl/α,β-unsaturated/α-hetero) is 1. The minimum Gasteiger partial charge on any atom is -0.381 e. The van der Waals surface area contributed by atoms with Gasteiger partial charge in [0.25, 0.3) is 0 Å². The fourth-order valence-corrected chi connectivity index (χ4v) is 2.50. The Balaban J connectivity index is 1.76.